The molecule has 0 aliphatic carbocycles. The van der Waals surface area contributed by atoms with E-state index in [0.29, 0.717) is 19.0 Å². The molecule has 0 saturated heterocycles. The molecule has 0 spiro atoms. The molecule has 4 N–H and O–H groups in total. The summed E-state index contributed by atoms with van der Waals surface area (Å²) >= 11 is 0. The molecule has 9 heteroatoms. The maximum Gasteiger partial charge on any atom is 0.225 e. The predicted molar refractivity (Wildman–Crippen MR) is 134 cm³/mol. The minimum atomic E-state index is -0.488. The Balaban J connectivity index is 1.43. The van der Waals surface area contributed by atoms with Crippen LogP contribution in [-0.4, -0.2) is 40.1 Å². The molecule has 0 radical (unpaired) electrons. The molecule has 8 nitrogen and oxygen atoms in total. The van der Waals surface area contributed by atoms with Gasteiger partial charge in [0.1, 0.15) is 0 Å². The van der Waals surface area contributed by atoms with Gasteiger partial charge in [0.05, 0.1) is 29.8 Å². The van der Waals surface area contributed by atoms with Crippen molar-refractivity contribution in [2.24, 2.45) is 0 Å². The fourth-order valence-electron chi connectivity index (χ4n) is 3.61. The molecular formula is C25H29FN8. The van der Waals surface area contributed by atoms with Crippen LogP contribution in [0.2, 0.25) is 0 Å². The number of hydrogen-bond acceptors (Lipinski definition) is 8. The second-order valence-corrected chi connectivity index (χ2v) is 8.10. The number of likely N-dealkylation sites (N-methyl/N-ethyl adjacent to an activating group) is 1. The van der Waals surface area contributed by atoms with Gasteiger partial charge in [-0.15, -0.1) is 5.53 Å². The topological polar surface area (TPSA) is 90.0 Å². The van der Waals surface area contributed by atoms with E-state index in [4.69, 9.17) is 0 Å². The van der Waals surface area contributed by atoms with Crippen LogP contribution in [0.3, 0.4) is 0 Å². The number of halogens is 1. The van der Waals surface area contributed by atoms with Crippen LogP contribution in [-0.2, 0) is 6.42 Å². The van der Waals surface area contributed by atoms with Gasteiger partial charge in [-0.25, -0.2) is 9.37 Å². The van der Waals surface area contributed by atoms with Crippen molar-refractivity contribution < 1.29 is 4.39 Å². The number of anilines is 2. The first-order valence-electron chi connectivity index (χ1n) is 11.1. The van der Waals surface area contributed by atoms with Crippen LogP contribution in [0.15, 0.2) is 54.9 Å². The highest BCUT2D eigenvalue weighted by Gasteiger charge is 2.22. The van der Waals surface area contributed by atoms with Crippen molar-refractivity contribution in [3.8, 4) is 0 Å². The Morgan fingerprint density at radius 3 is 2.62 bits per heavy atom. The molecule has 1 aliphatic heterocycles. The summed E-state index contributed by atoms with van der Waals surface area (Å²) in [6.45, 7) is 8.79. The summed E-state index contributed by atoms with van der Waals surface area (Å²) in [5.41, 5.74) is 13.1. The first-order chi connectivity index (χ1) is 16.4. The number of hydrazine groups is 2. The van der Waals surface area contributed by atoms with Gasteiger partial charge in [0.15, 0.2) is 11.6 Å². The quantitative estimate of drug-likeness (QED) is 0.385. The zero-order valence-corrected chi connectivity index (χ0v) is 19.6. The first kappa shape index (κ1) is 23.2. The molecule has 4 rings (SSSR count). The fraction of sp³-hybridized carbons (Fsp3) is 0.240. The van der Waals surface area contributed by atoms with Crippen LogP contribution in [0.1, 0.15) is 28.1 Å². The maximum atomic E-state index is 14.3. The fourth-order valence-corrected chi connectivity index (χ4v) is 3.61. The summed E-state index contributed by atoms with van der Waals surface area (Å²) < 4.78 is 14.3. The summed E-state index contributed by atoms with van der Waals surface area (Å²) in [7, 11) is 1.89. The van der Waals surface area contributed by atoms with Gasteiger partial charge in [-0.1, -0.05) is 48.6 Å². The van der Waals surface area contributed by atoms with Crippen LogP contribution in [0, 0.1) is 19.7 Å². The van der Waals surface area contributed by atoms with E-state index in [9.17, 15) is 4.39 Å². The number of rotatable bonds is 9. The number of nitrogens with zero attached hydrogens (tertiary/aromatic N) is 4. The van der Waals surface area contributed by atoms with E-state index in [1.165, 1.54) is 17.3 Å². The molecule has 0 unspecified atom stereocenters. The SMILES string of the molecule is C=Cc1ccc(C2=C(CNc3ncc(F)c(NCCc4ccc(C)cc4)n3)N(C)NN2)nc1C. The molecule has 3 heterocycles. The molecule has 0 bridgehead atoms. The van der Waals surface area contributed by atoms with Gasteiger partial charge in [-0.05, 0) is 37.5 Å². The smallest absolute Gasteiger partial charge is 0.225 e. The molecular weight excluding hydrogens is 431 g/mol. The van der Waals surface area contributed by atoms with E-state index >= 15 is 0 Å². The molecule has 0 amide bonds. The Bertz CT molecular complexity index is 1210. The summed E-state index contributed by atoms with van der Waals surface area (Å²) in [5, 5.41) is 8.11. The third-order valence-electron chi connectivity index (χ3n) is 5.63. The minimum Gasteiger partial charge on any atom is -0.367 e. The van der Waals surface area contributed by atoms with E-state index in [1.807, 2.05) is 31.1 Å². The zero-order valence-electron chi connectivity index (χ0n) is 19.6. The first-order valence-corrected chi connectivity index (χ1v) is 11.1. The van der Waals surface area contributed by atoms with Crippen molar-refractivity contribution in [2.75, 3.05) is 30.8 Å². The molecule has 1 aromatic carbocycles. The lowest BCUT2D eigenvalue weighted by Gasteiger charge is -2.16. The maximum absolute atomic E-state index is 14.3. The average molecular weight is 461 g/mol. The Morgan fingerprint density at radius 2 is 1.88 bits per heavy atom. The van der Waals surface area contributed by atoms with Gasteiger partial charge in [-0.2, -0.15) is 4.98 Å². The molecule has 2 aromatic heterocycles. The third kappa shape index (κ3) is 5.32. The van der Waals surface area contributed by atoms with Crippen LogP contribution in [0.4, 0.5) is 16.2 Å². The van der Waals surface area contributed by atoms with Crippen molar-refractivity contribution in [3.05, 3.63) is 88.8 Å². The Morgan fingerprint density at radius 1 is 1.09 bits per heavy atom. The van der Waals surface area contributed by atoms with Crippen molar-refractivity contribution in [1.82, 2.24) is 30.9 Å². The highest BCUT2D eigenvalue weighted by molar-refractivity contribution is 5.67. The van der Waals surface area contributed by atoms with Gasteiger partial charge < -0.3 is 10.6 Å². The van der Waals surface area contributed by atoms with Gasteiger partial charge in [0.2, 0.25) is 5.95 Å². The van der Waals surface area contributed by atoms with Crippen LogP contribution < -0.4 is 21.6 Å². The molecule has 3 aromatic rings. The van der Waals surface area contributed by atoms with Crippen molar-refractivity contribution >= 4 is 23.5 Å². The minimum absolute atomic E-state index is 0.173. The largest absolute Gasteiger partial charge is 0.367 e. The number of hydrogen-bond donors (Lipinski definition) is 4. The van der Waals surface area contributed by atoms with Gasteiger partial charge >= 0.3 is 0 Å². The van der Waals surface area contributed by atoms with Crippen LogP contribution in [0.5, 0.6) is 0 Å². The summed E-state index contributed by atoms with van der Waals surface area (Å²) in [6.07, 6.45) is 3.72. The molecule has 176 valence electrons. The van der Waals surface area contributed by atoms with Gasteiger partial charge in [0.25, 0.3) is 0 Å². The number of aromatic nitrogens is 3. The standard InChI is InChI=1S/C25H29FN8/c1-5-19-10-11-21(30-17(19)3)23-22(34(4)33-32-23)15-29-25-28-14-20(26)24(31-25)27-13-12-18-8-6-16(2)7-9-18/h5-11,14,32-33H,1,12-13,15H2,2-4H3,(H2,27,28,29,31). The van der Waals surface area contributed by atoms with E-state index in [1.54, 1.807) is 6.08 Å². The molecule has 0 fully saturated rings. The van der Waals surface area contributed by atoms with Crippen molar-refractivity contribution in [1.29, 1.82) is 0 Å². The second-order valence-electron chi connectivity index (χ2n) is 8.10. The van der Waals surface area contributed by atoms with Crippen LogP contribution >= 0.6 is 0 Å². The van der Waals surface area contributed by atoms with E-state index < -0.39 is 5.82 Å². The lowest BCUT2D eigenvalue weighted by atomic mass is 10.1. The van der Waals surface area contributed by atoms with E-state index in [2.05, 4.69) is 74.3 Å². The highest BCUT2D eigenvalue weighted by Crippen LogP contribution is 2.22. The third-order valence-corrected chi connectivity index (χ3v) is 5.63. The summed E-state index contributed by atoms with van der Waals surface area (Å²) in [6, 6.07) is 12.2. The number of aryl methyl sites for hydroxylation is 2. The van der Waals surface area contributed by atoms with Crippen molar-refractivity contribution in [2.45, 2.75) is 20.3 Å². The Hall–Kier alpha value is -3.98. The van der Waals surface area contributed by atoms with E-state index in [-0.39, 0.29) is 5.82 Å². The van der Waals surface area contributed by atoms with Gasteiger partial charge in [0, 0.05) is 19.3 Å². The highest BCUT2D eigenvalue weighted by atomic mass is 19.1. The number of pyridine rings is 1. The molecule has 0 saturated carbocycles. The lowest BCUT2D eigenvalue weighted by molar-refractivity contribution is 0.305. The number of benzene rings is 1. The lowest BCUT2D eigenvalue weighted by Crippen LogP contribution is -2.35. The zero-order chi connectivity index (χ0) is 24.1. The molecule has 0 atom stereocenters. The molecule has 1 aliphatic rings. The monoisotopic (exact) mass is 460 g/mol. The predicted octanol–water partition coefficient (Wildman–Crippen LogP) is 3.66. The van der Waals surface area contributed by atoms with Crippen LogP contribution in [0.25, 0.3) is 11.8 Å². The van der Waals surface area contributed by atoms with Gasteiger partial charge in [-0.3, -0.25) is 15.4 Å². The summed E-state index contributed by atoms with van der Waals surface area (Å²) in [5.74, 6) is 0.0161. The Labute approximate surface area is 199 Å². The normalized spacial score (nSPS) is 13.1. The Kier molecular flexibility index (Phi) is 7.03. The second kappa shape index (κ2) is 10.3. The average Bonchev–Trinajstić information content (AvgIpc) is 3.20. The van der Waals surface area contributed by atoms with Crippen molar-refractivity contribution in [3.63, 3.8) is 0 Å². The van der Waals surface area contributed by atoms with E-state index in [0.717, 1.165) is 34.8 Å². The summed E-state index contributed by atoms with van der Waals surface area (Å²) in [4.78, 5) is 13.1. The number of nitrogens with one attached hydrogen (secondary N) is 4. The molecule has 34 heavy (non-hydrogen) atoms.